The highest BCUT2D eigenvalue weighted by Gasteiger charge is 2.41. The zero-order valence-electron chi connectivity index (χ0n) is 21.1. The fourth-order valence-electron chi connectivity index (χ4n) is 5.10. The molecule has 1 atom stereocenters. The van der Waals surface area contributed by atoms with Gasteiger partial charge in [-0.3, -0.25) is 9.59 Å². The van der Waals surface area contributed by atoms with Crippen LogP contribution in [0.25, 0.3) is 11.1 Å². The van der Waals surface area contributed by atoms with Crippen LogP contribution in [0, 0.1) is 6.07 Å². The molecule has 2 heterocycles. The first kappa shape index (κ1) is 26.5. The van der Waals surface area contributed by atoms with E-state index in [4.69, 9.17) is 32.8 Å². The van der Waals surface area contributed by atoms with Gasteiger partial charge in [-0.2, -0.15) is 10.5 Å². The summed E-state index contributed by atoms with van der Waals surface area (Å²) < 4.78 is 6.11. The molecule has 1 unspecified atom stereocenters. The van der Waals surface area contributed by atoms with Crippen LogP contribution < -0.4 is 10.3 Å². The third-order valence-electron chi connectivity index (χ3n) is 7.50. The molecule has 38 heavy (non-hydrogen) atoms. The molecule has 1 radical (unpaired) electrons. The Balaban J connectivity index is 1.31. The molecule has 3 aromatic rings. The number of carbonyl (C=O) groups is 2. The second-order valence-corrected chi connectivity index (χ2v) is 10.5. The van der Waals surface area contributed by atoms with Crippen molar-refractivity contribution in [2.24, 2.45) is 0 Å². The lowest BCUT2D eigenvalue weighted by atomic mass is 9.92. The molecule has 3 aromatic carbocycles. The number of hydrogen-bond donors (Lipinski definition) is 1. The van der Waals surface area contributed by atoms with Gasteiger partial charge in [0.1, 0.15) is 19.6 Å². The van der Waals surface area contributed by atoms with E-state index in [1.807, 2.05) is 25.2 Å². The van der Waals surface area contributed by atoms with Crippen LogP contribution in [0.5, 0.6) is 5.75 Å². The number of fused-ring (bicyclic) bond motifs is 1. The van der Waals surface area contributed by atoms with E-state index in [1.165, 1.54) is 5.56 Å². The SMILES string of the molecule is CN(C(=O)CC1C(=O)NOc2cc(Cl)c(Cl)cc21)[N+]1(CCc2ccc(-c3c[c]ccc3)cc2)CCOCC1. The number of nitrogens with one attached hydrogen (secondary N) is 1. The van der Waals surface area contributed by atoms with Crippen LogP contribution in [-0.2, 0) is 20.7 Å². The monoisotopic (exact) mass is 553 g/mol. The highest BCUT2D eigenvalue weighted by molar-refractivity contribution is 6.42. The maximum atomic E-state index is 13.6. The molecule has 0 bridgehead atoms. The predicted octanol–water partition coefficient (Wildman–Crippen LogP) is 4.82. The minimum Gasteiger partial charge on any atom is -0.379 e. The lowest BCUT2D eigenvalue weighted by Gasteiger charge is -2.46. The van der Waals surface area contributed by atoms with Gasteiger partial charge in [0.2, 0.25) is 0 Å². The smallest absolute Gasteiger partial charge is 0.268 e. The van der Waals surface area contributed by atoms with Crippen LogP contribution in [0.1, 0.15) is 23.5 Å². The summed E-state index contributed by atoms with van der Waals surface area (Å²) in [6.07, 6.45) is 0.786. The van der Waals surface area contributed by atoms with Crippen molar-refractivity contribution < 1.29 is 23.8 Å². The number of nitrogens with zero attached hydrogens (tertiary/aromatic N) is 2. The highest BCUT2D eigenvalue weighted by atomic mass is 35.5. The number of halogens is 2. The van der Waals surface area contributed by atoms with E-state index in [0.717, 1.165) is 24.1 Å². The van der Waals surface area contributed by atoms with Gasteiger partial charge in [0.05, 0.1) is 36.2 Å². The summed E-state index contributed by atoms with van der Waals surface area (Å²) in [6.45, 7) is 3.23. The van der Waals surface area contributed by atoms with Crippen LogP contribution in [0.3, 0.4) is 0 Å². The van der Waals surface area contributed by atoms with Gasteiger partial charge in [-0.15, -0.1) is 0 Å². The average Bonchev–Trinajstić information content (AvgIpc) is 2.95. The van der Waals surface area contributed by atoms with Crippen molar-refractivity contribution in [2.45, 2.75) is 18.8 Å². The number of benzene rings is 3. The van der Waals surface area contributed by atoms with Gasteiger partial charge >= 0.3 is 0 Å². The summed E-state index contributed by atoms with van der Waals surface area (Å²) >= 11 is 12.3. The lowest BCUT2D eigenvalue weighted by Crippen LogP contribution is -2.66. The summed E-state index contributed by atoms with van der Waals surface area (Å²) in [6, 6.07) is 22.7. The molecule has 0 spiro atoms. The number of rotatable bonds is 7. The second-order valence-electron chi connectivity index (χ2n) is 9.66. The minimum absolute atomic E-state index is 0.0136. The summed E-state index contributed by atoms with van der Waals surface area (Å²) in [7, 11) is 1.82. The fourth-order valence-corrected chi connectivity index (χ4v) is 5.42. The molecule has 1 N–H and O–H groups in total. The summed E-state index contributed by atoms with van der Waals surface area (Å²) in [5, 5.41) is 2.40. The van der Waals surface area contributed by atoms with Crippen LogP contribution in [0.15, 0.2) is 60.7 Å². The Bertz CT molecular complexity index is 1310. The summed E-state index contributed by atoms with van der Waals surface area (Å²) in [5.41, 5.74) is 6.41. The molecule has 2 aliphatic heterocycles. The molecule has 2 amide bonds. The first-order valence-corrected chi connectivity index (χ1v) is 13.3. The first-order chi connectivity index (χ1) is 18.4. The first-order valence-electron chi connectivity index (χ1n) is 12.6. The predicted molar refractivity (Wildman–Crippen MR) is 145 cm³/mol. The van der Waals surface area contributed by atoms with E-state index < -0.39 is 5.92 Å². The maximum absolute atomic E-state index is 13.6. The zero-order chi connectivity index (χ0) is 26.7. The van der Waals surface area contributed by atoms with E-state index in [9.17, 15) is 9.59 Å². The Hall–Kier alpha value is -3.10. The molecule has 2 aliphatic rings. The summed E-state index contributed by atoms with van der Waals surface area (Å²) in [4.78, 5) is 31.6. The second kappa shape index (κ2) is 11.3. The van der Waals surface area contributed by atoms with Crippen LogP contribution in [0.4, 0.5) is 0 Å². The quantitative estimate of drug-likeness (QED) is 0.426. The van der Waals surface area contributed by atoms with Gasteiger partial charge in [0.15, 0.2) is 5.75 Å². The molecular formula is C29H29Cl2N3O4+. The molecule has 5 rings (SSSR count). The van der Waals surface area contributed by atoms with E-state index in [2.05, 4.69) is 41.9 Å². The fraction of sp³-hybridized carbons (Fsp3) is 0.310. The number of carbonyl (C=O) groups excluding carboxylic acids is 2. The number of quaternary nitrogens is 1. The largest absolute Gasteiger partial charge is 0.379 e. The van der Waals surface area contributed by atoms with Crippen molar-refractivity contribution in [3.63, 3.8) is 0 Å². The van der Waals surface area contributed by atoms with Crippen molar-refractivity contribution in [1.29, 1.82) is 0 Å². The average molecular weight is 554 g/mol. The number of ether oxygens (including phenoxy) is 1. The normalized spacial score (nSPS) is 18.2. The third kappa shape index (κ3) is 5.52. The molecule has 0 saturated carbocycles. The Kier molecular flexibility index (Phi) is 7.91. The Morgan fingerprint density at radius 1 is 1.11 bits per heavy atom. The number of hydrogen-bond acceptors (Lipinski definition) is 4. The summed E-state index contributed by atoms with van der Waals surface area (Å²) in [5.74, 6) is -0.859. The minimum atomic E-state index is -0.729. The van der Waals surface area contributed by atoms with Crippen molar-refractivity contribution >= 4 is 35.0 Å². The van der Waals surface area contributed by atoms with Gasteiger partial charge in [0, 0.05) is 24.5 Å². The molecule has 0 aliphatic carbocycles. The third-order valence-corrected chi connectivity index (χ3v) is 8.22. The van der Waals surface area contributed by atoms with Crippen molar-refractivity contribution in [3.05, 3.63) is 87.9 Å². The molecule has 1 fully saturated rings. The number of amides is 2. The lowest BCUT2D eigenvalue weighted by molar-refractivity contribution is -1.03. The molecular weight excluding hydrogens is 525 g/mol. The van der Waals surface area contributed by atoms with E-state index >= 15 is 0 Å². The standard InChI is InChI=1S/C29H28Cl2N3O4/c1-33(28(35)18-24-23-17-25(30)26(31)19-27(23)38-32-29(24)36)34(13-15-37-16-14-34)12-11-20-7-9-22(10-8-20)21-5-3-2-4-6-21/h2-3,5-10,17,19,24H,11-16,18H2,1H3/p+1. The van der Waals surface area contributed by atoms with Crippen LogP contribution in [-0.4, -0.2) is 61.3 Å². The van der Waals surface area contributed by atoms with Crippen molar-refractivity contribution in [3.8, 4) is 16.9 Å². The highest BCUT2D eigenvalue weighted by Crippen LogP contribution is 2.38. The molecule has 197 valence electrons. The Morgan fingerprint density at radius 2 is 1.84 bits per heavy atom. The van der Waals surface area contributed by atoms with Gasteiger partial charge in [-0.05, 0) is 34.9 Å². The zero-order valence-corrected chi connectivity index (χ0v) is 22.6. The maximum Gasteiger partial charge on any atom is 0.268 e. The van der Waals surface area contributed by atoms with Gasteiger partial charge in [0.25, 0.3) is 11.8 Å². The molecule has 9 heteroatoms. The molecule has 0 aromatic heterocycles. The van der Waals surface area contributed by atoms with Crippen LogP contribution >= 0.6 is 23.2 Å². The number of hydroxylamine groups is 1. The molecule has 7 nitrogen and oxygen atoms in total. The van der Waals surface area contributed by atoms with Gasteiger partial charge in [-0.25, -0.2) is 4.59 Å². The van der Waals surface area contributed by atoms with Crippen molar-refractivity contribution in [2.75, 3.05) is 39.9 Å². The van der Waals surface area contributed by atoms with Gasteiger partial charge in [-0.1, -0.05) is 65.7 Å². The van der Waals surface area contributed by atoms with E-state index in [1.54, 1.807) is 17.1 Å². The topological polar surface area (TPSA) is 67.9 Å². The molecule has 1 saturated heterocycles. The van der Waals surface area contributed by atoms with Gasteiger partial charge < -0.3 is 9.57 Å². The van der Waals surface area contributed by atoms with Crippen molar-refractivity contribution in [1.82, 2.24) is 10.5 Å². The Morgan fingerprint density at radius 3 is 2.55 bits per heavy atom. The number of morpholine rings is 1. The van der Waals surface area contributed by atoms with Crippen LogP contribution in [0.2, 0.25) is 10.0 Å². The Labute approximate surface area is 232 Å². The van der Waals surface area contributed by atoms with E-state index in [-0.39, 0.29) is 18.2 Å². The van der Waals surface area contributed by atoms with E-state index in [0.29, 0.717) is 52.3 Å².